The Balaban J connectivity index is 1.79. The van der Waals surface area contributed by atoms with E-state index in [2.05, 4.69) is 55.3 Å². The molecule has 2 rings (SSSR count). The van der Waals surface area contributed by atoms with Crippen molar-refractivity contribution in [2.24, 2.45) is 0 Å². The minimum Gasteiger partial charge on any atom is -0.350 e. The van der Waals surface area contributed by atoms with Crippen LogP contribution in [0.15, 0.2) is 48.7 Å². The van der Waals surface area contributed by atoms with Crippen LogP contribution in [-0.2, 0) is 23.2 Å². The first kappa shape index (κ1) is 16.2. The number of carbonyl (C=O) groups is 1. The molecule has 0 saturated carbocycles. The summed E-state index contributed by atoms with van der Waals surface area (Å²) in [5.74, 6) is 0.0607. The van der Waals surface area contributed by atoms with Gasteiger partial charge in [-0.2, -0.15) is 0 Å². The molecule has 3 heteroatoms. The van der Waals surface area contributed by atoms with Crippen LogP contribution in [0, 0.1) is 0 Å². The first-order valence-electron chi connectivity index (χ1n) is 7.71. The Morgan fingerprint density at radius 2 is 1.82 bits per heavy atom. The molecule has 0 atom stereocenters. The summed E-state index contributed by atoms with van der Waals surface area (Å²) in [6, 6.07) is 14.2. The molecule has 1 aromatic carbocycles. The second-order valence-corrected chi connectivity index (χ2v) is 6.54. The molecule has 0 aliphatic rings. The lowest BCUT2D eigenvalue weighted by Gasteiger charge is -2.19. The zero-order valence-corrected chi connectivity index (χ0v) is 13.6. The van der Waals surface area contributed by atoms with Crippen molar-refractivity contribution in [3.63, 3.8) is 0 Å². The van der Waals surface area contributed by atoms with Gasteiger partial charge in [-0.1, -0.05) is 51.1 Å². The van der Waals surface area contributed by atoms with Gasteiger partial charge in [-0.25, -0.2) is 0 Å². The Labute approximate surface area is 132 Å². The smallest absolute Gasteiger partial charge is 0.220 e. The number of carbonyl (C=O) groups excluding carboxylic acids is 1. The van der Waals surface area contributed by atoms with Gasteiger partial charge >= 0.3 is 0 Å². The number of nitrogens with one attached hydrogen (secondary N) is 1. The van der Waals surface area contributed by atoms with Crippen molar-refractivity contribution in [1.82, 2.24) is 10.3 Å². The van der Waals surface area contributed by atoms with Crippen molar-refractivity contribution < 1.29 is 4.79 Å². The molecule has 1 amide bonds. The van der Waals surface area contributed by atoms with E-state index in [1.807, 2.05) is 18.2 Å². The summed E-state index contributed by atoms with van der Waals surface area (Å²) < 4.78 is 0. The SMILES string of the molecule is CC(C)(C)c1ccc(CCC(=O)NCc2ccccn2)cc1. The van der Waals surface area contributed by atoms with Crippen molar-refractivity contribution in [1.29, 1.82) is 0 Å². The van der Waals surface area contributed by atoms with E-state index in [-0.39, 0.29) is 11.3 Å². The number of benzene rings is 1. The molecule has 0 fully saturated rings. The second kappa shape index (κ2) is 7.21. The predicted octanol–water partition coefficient (Wildman–Crippen LogP) is 3.63. The number of rotatable bonds is 5. The zero-order chi connectivity index (χ0) is 16.0. The highest BCUT2D eigenvalue weighted by Gasteiger charge is 2.12. The van der Waals surface area contributed by atoms with Gasteiger partial charge in [-0.15, -0.1) is 0 Å². The van der Waals surface area contributed by atoms with Crippen molar-refractivity contribution in [2.75, 3.05) is 0 Å². The number of hydrogen-bond acceptors (Lipinski definition) is 2. The standard InChI is InChI=1S/C19H24N2O/c1-19(2,3)16-10-7-15(8-11-16)9-12-18(22)21-14-17-6-4-5-13-20-17/h4-8,10-11,13H,9,12,14H2,1-3H3,(H,21,22). The molecule has 0 aliphatic heterocycles. The summed E-state index contributed by atoms with van der Waals surface area (Å²) in [4.78, 5) is 16.1. The largest absolute Gasteiger partial charge is 0.350 e. The summed E-state index contributed by atoms with van der Waals surface area (Å²) in [6.45, 7) is 7.09. The van der Waals surface area contributed by atoms with Crippen LogP contribution in [0.25, 0.3) is 0 Å². The molecule has 1 heterocycles. The maximum atomic E-state index is 11.9. The molecule has 0 unspecified atom stereocenters. The monoisotopic (exact) mass is 296 g/mol. The lowest BCUT2D eigenvalue weighted by Crippen LogP contribution is -2.23. The summed E-state index contributed by atoms with van der Waals surface area (Å²) in [7, 11) is 0. The third-order valence-corrected chi connectivity index (χ3v) is 3.65. The highest BCUT2D eigenvalue weighted by Crippen LogP contribution is 2.22. The predicted molar refractivity (Wildman–Crippen MR) is 89.5 cm³/mol. The second-order valence-electron chi connectivity index (χ2n) is 6.54. The average Bonchev–Trinajstić information content (AvgIpc) is 2.51. The lowest BCUT2D eigenvalue weighted by atomic mass is 9.86. The summed E-state index contributed by atoms with van der Waals surface area (Å²) >= 11 is 0. The van der Waals surface area contributed by atoms with Crippen molar-refractivity contribution in [3.8, 4) is 0 Å². The Kier molecular flexibility index (Phi) is 5.31. The number of hydrogen-bond donors (Lipinski definition) is 1. The van der Waals surface area contributed by atoms with Gasteiger partial charge in [0.05, 0.1) is 12.2 Å². The van der Waals surface area contributed by atoms with Gasteiger partial charge in [0, 0.05) is 12.6 Å². The molecule has 116 valence electrons. The van der Waals surface area contributed by atoms with Gasteiger partial charge in [0.1, 0.15) is 0 Å². The molecule has 0 bridgehead atoms. The maximum Gasteiger partial charge on any atom is 0.220 e. The average molecular weight is 296 g/mol. The molecule has 3 nitrogen and oxygen atoms in total. The highest BCUT2D eigenvalue weighted by atomic mass is 16.1. The molecule has 0 radical (unpaired) electrons. The number of nitrogens with zero attached hydrogens (tertiary/aromatic N) is 1. The Bertz CT molecular complexity index is 598. The van der Waals surface area contributed by atoms with E-state index >= 15 is 0 Å². The third-order valence-electron chi connectivity index (χ3n) is 3.65. The first-order chi connectivity index (χ1) is 10.4. The molecule has 0 spiro atoms. The van der Waals surface area contributed by atoms with Gasteiger partial charge in [-0.3, -0.25) is 9.78 Å². The van der Waals surface area contributed by atoms with Gasteiger partial charge in [0.25, 0.3) is 0 Å². The minimum absolute atomic E-state index is 0.0607. The third kappa shape index (κ3) is 4.99. The molecular weight excluding hydrogens is 272 g/mol. The Morgan fingerprint density at radius 1 is 1.09 bits per heavy atom. The van der Waals surface area contributed by atoms with Crippen LogP contribution in [0.3, 0.4) is 0 Å². The lowest BCUT2D eigenvalue weighted by molar-refractivity contribution is -0.121. The summed E-state index contributed by atoms with van der Waals surface area (Å²) in [5, 5.41) is 2.90. The number of pyridine rings is 1. The number of aromatic nitrogens is 1. The Morgan fingerprint density at radius 3 is 2.41 bits per heavy atom. The Hall–Kier alpha value is -2.16. The van der Waals surface area contributed by atoms with Gasteiger partial charge in [0.15, 0.2) is 0 Å². The molecule has 22 heavy (non-hydrogen) atoms. The normalized spacial score (nSPS) is 11.2. The molecule has 0 aliphatic carbocycles. The van der Waals surface area contributed by atoms with Crippen LogP contribution in [-0.4, -0.2) is 10.9 Å². The molecule has 2 aromatic rings. The summed E-state index contributed by atoms with van der Waals surface area (Å²) in [6.07, 6.45) is 3.00. The fourth-order valence-electron chi connectivity index (χ4n) is 2.21. The van der Waals surface area contributed by atoms with E-state index in [0.29, 0.717) is 13.0 Å². The first-order valence-corrected chi connectivity index (χ1v) is 7.71. The van der Waals surface area contributed by atoms with E-state index in [4.69, 9.17) is 0 Å². The maximum absolute atomic E-state index is 11.9. The van der Waals surface area contributed by atoms with E-state index in [9.17, 15) is 4.79 Å². The van der Waals surface area contributed by atoms with Crippen LogP contribution in [0.1, 0.15) is 44.0 Å². The fourth-order valence-corrected chi connectivity index (χ4v) is 2.21. The van der Waals surface area contributed by atoms with Gasteiger partial charge in [0.2, 0.25) is 5.91 Å². The van der Waals surface area contributed by atoms with Crippen LogP contribution in [0.2, 0.25) is 0 Å². The zero-order valence-electron chi connectivity index (χ0n) is 13.6. The van der Waals surface area contributed by atoms with E-state index in [0.717, 1.165) is 12.1 Å². The van der Waals surface area contributed by atoms with E-state index in [1.54, 1.807) is 6.20 Å². The van der Waals surface area contributed by atoms with Gasteiger partial charge in [-0.05, 0) is 35.1 Å². The minimum atomic E-state index is 0.0607. The molecule has 1 aromatic heterocycles. The van der Waals surface area contributed by atoms with E-state index in [1.165, 1.54) is 11.1 Å². The fraction of sp³-hybridized carbons (Fsp3) is 0.368. The van der Waals surface area contributed by atoms with Crippen LogP contribution < -0.4 is 5.32 Å². The van der Waals surface area contributed by atoms with Crippen LogP contribution in [0.5, 0.6) is 0 Å². The van der Waals surface area contributed by atoms with Crippen LogP contribution >= 0.6 is 0 Å². The topological polar surface area (TPSA) is 42.0 Å². The van der Waals surface area contributed by atoms with Crippen molar-refractivity contribution >= 4 is 5.91 Å². The van der Waals surface area contributed by atoms with Crippen molar-refractivity contribution in [2.45, 2.75) is 45.6 Å². The van der Waals surface area contributed by atoms with Crippen LogP contribution in [0.4, 0.5) is 0 Å². The number of amides is 1. The quantitative estimate of drug-likeness (QED) is 0.915. The van der Waals surface area contributed by atoms with E-state index < -0.39 is 0 Å². The van der Waals surface area contributed by atoms with Gasteiger partial charge < -0.3 is 5.32 Å². The molecular formula is C19H24N2O. The van der Waals surface area contributed by atoms with Crippen molar-refractivity contribution in [3.05, 3.63) is 65.5 Å². The highest BCUT2D eigenvalue weighted by molar-refractivity contribution is 5.76. The molecule has 1 N–H and O–H groups in total. The number of aryl methyl sites for hydroxylation is 1. The summed E-state index contributed by atoms with van der Waals surface area (Å²) in [5.41, 5.74) is 3.56. The molecule has 0 saturated heterocycles.